The second-order valence-corrected chi connectivity index (χ2v) is 7.62. The van der Waals surface area contributed by atoms with Crippen molar-refractivity contribution in [2.24, 2.45) is 0 Å². The lowest BCUT2D eigenvalue weighted by molar-refractivity contribution is 0.480. The van der Waals surface area contributed by atoms with Crippen LogP contribution in [0.1, 0.15) is 5.69 Å². The number of nitrogens with zero attached hydrogens (tertiary/aromatic N) is 3. The number of nitrogens with one attached hydrogen (secondary N) is 1. The van der Waals surface area contributed by atoms with E-state index in [0.29, 0.717) is 17.2 Å². The first kappa shape index (κ1) is 17.0. The van der Waals surface area contributed by atoms with Gasteiger partial charge in [-0.25, -0.2) is 13.4 Å². The van der Waals surface area contributed by atoms with Crippen molar-refractivity contribution in [2.45, 2.75) is 11.8 Å². The van der Waals surface area contributed by atoms with E-state index in [2.05, 4.69) is 14.7 Å². The summed E-state index contributed by atoms with van der Waals surface area (Å²) in [6.07, 6.45) is 6.54. The van der Waals surface area contributed by atoms with Crippen LogP contribution < -0.4 is 9.46 Å². The Balaban J connectivity index is 1.56. The number of sulfonamides is 1. The van der Waals surface area contributed by atoms with Gasteiger partial charge in [-0.05, 0) is 43.3 Å². The lowest BCUT2D eigenvalue weighted by Gasteiger charge is -2.10. The van der Waals surface area contributed by atoms with E-state index in [-0.39, 0.29) is 4.90 Å². The van der Waals surface area contributed by atoms with Gasteiger partial charge in [0.05, 0.1) is 17.6 Å². The van der Waals surface area contributed by atoms with Crippen molar-refractivity contribution in [1.29, 1.82) is 0 Å². The van der Waals surface area contributed by atoms with Crippen molar-refractivity contribution in [2.75, 3.05) is 4.72 Å². The third-order valence-electron chi connectivity index (χ3n) is 3.81. The van der Waals surface area contributed by atoms with Gasteiger partial charge in [-0.3, -0.25) is 9.71 Å². The first-order valence-electron chi connectivity index (χ1n) is 8.16. The molecule has 0 bridgehead atoms. The van der Waals surface area contributed by atoms with Gasteiger partial charge >= 0.3 is 0 Å². The van der Waals surface area contributed by atoms with E-state index in [4.69, 9.17) is 4.74 Å². The van der Waals surface area contributed by atoms with Gasteiger partial charge in [0.25, 0.3) is 10.0 Å². The van der Waals surface area contributed by atoms with Crippen molar-refractivity contribution in [1.82, 2.24) is 14.4 Å². The lowest BCUT2D eigenvalue weighted by atomic mass is 10.3. The molecule has 0 aliphatic carbocycles. The van der Waals surface area contributed by atoms with Gasteiger partial charge < -0.3 is 9.14 Å². The molecule has 0 spiro atoms. The molecule has 4 aromatic rings. The van der Waals surface area contributed by atoms with E-state index in [1.54, 1.807) is 30.3 Å². The number of fused-ring (bicyclic) bond motifs is 1. The fourth-order valence-electron chi connectivity index (χ4n) is 2.64. The Hall–Kier alpha value is -3.39. The number of ether oxygens (including phenoxy) is 1. The van der Waals surface area contributed by atoms with Crippen LogP contribution in [0.4, 0.5) is 5.69 Å². The van der Waals surface area contributed by atoms with E-state index < -0.39 is 10.0 Å². The Bertz CT molecular complexity index is 1200. The molecule has 0 unspecified atom stereocenters. The Labute approximate surface area is 156 Å². The molecule has 0 atom stereocenters. The number of aryl methyl sites for hydroxylation is 1. The molecule has 0 amide bonds. The maximum Gasteiger partial charge on any atom is 0.263 e. The molecule has 27 heavy (non-hydrogen) atoms. The molecular weight excluding hydrogens is 364 g/mol. The van der Waals surface area contributed by atoms with E-state index >= 15 is 0 Å². The molecular formula is C19H16N4O3S. The highest BCUT2D eigenvalue weighted by Gasteiger charge is 2.14. The van der Waals surface area contributed by atoms with Gasteiger partial charge in [0.1, 0.15) is 22.0 Å². The Morgan fingerprint density at radius 3 is 2.74 bits per heavy atom. The van der Waals surface area contributed by atoms with Gasteiger partial charge in [-0.1, -0.05) is 6.07 Å². The van der Waals surface area contributed by atoms with E-state index in [1.165, 1.54) is 18.5 Å². The summed E-state index contributed by atoms with van der Waals surface area (Å²) in [6.45, 7) is 1.92. The zero-order valence-corrected chi connectivity index (χ0v) is 15.2. The molecule has 4 rings (SSSR count). The molecule has 3 aromatic heterocycles. The SMILES string of the molecule is Cc1cn2cc(Oc3cccc(NS(=O)(=O)c4cccnc4)c3)ccc2n1. The highest BCUT2D eigenvalue weighted by Crippen LogP contribution is 2.26. The molecule has 3 heterocycles. The van der Waals surface area contributed by atoms with Gasteiger partial charge in [0, 0.05) is 24.7 Å². The monoisotopic (exact) mass is 380 g/mol. The van der Waals surface area contributed by atoms with Crippen molar-refractivity contribution >= 4 is 21.4 Å². The van der Waals surface area contributed by atoms with Crippen LogP contribution in [-0.4, -0.2) is 22.8 Å². The summed E-state index contributed by atoms with van der Waals surface area (Å²) in [5, 5.41) is 0. The van der Waals surface area contributed by atoms with E-state index in [9.17, 15) is 8.42 Å². The molecule has 7 nitrogen and oxygen atoms in total. The van der Waals surface area contributed by atoms with Crippen LogP contribution in [-0.2, 0) is 10.0 Å². The summed E-state index contributed by atoms with van der Waals surface area (Å²) >= 11 is 0. The summed E-state index contributed by atoms with van der Waals surface area (Å²) < 4.78 is 35.1. The Morgan fingerprint density at radius 1 is 1.04 bits per heavy atom. The lowest BCUT2D eigenvalue weighted by Crippen LogP contribution is -2.13. The number of benzene rings is 1. The number of pyridine rings is 2. The number of anilines is 1. The third kappa shape index (κ3) is 3.75. The second kappa shape index (κ2) is 6.73. The van der Waals surface area contributed by atoms with Crippen molar-refractivity contribution in [3.8, 4) is 11.5 Å². The van der Waals surface area contributed by atoms with Crippen LogP contribution in [0.15, 0.2) is 78.2 Å². The maximum atomic E-state index is 12.4. The minimum Gasteiger partial charge on any atom is -0.456 e. The second-order valence-electron chi connectivity index (χ2n) is 5.94. The Morgan fingerprint density at radius 2 is 1.93 bits per heavy atom. The largest absolute Gasteiger partial charge is 0.456 e. The average Bonchev–Trinajstić information content (AvgIpc) is 3.02. The van der Waals surface area contributed by atoms with Gasteiger partial charge in [-0.2, -0.15) is 0 Å². The maximum absolute atomic E-state index is 12.4. The summed E-state index contributed by atoms with van der Waals surface area (Å²) in [7, 11) is -3.71. The van der Waals surface area contributed by atoms with Crippen LogP contribution in [0.25, 0.3) is 5.65 Å². The van der Waals surface area contributed by atoms with Crippen LogP contribution in [0.2, 0.25) is 0 Å². The van der Waals surface area contributed by atoms with Crippen molar-refractivity contribution in [3.63, 3.8) is 0 Å². The number of hydrogen-bond acceptors (Lipinski definition) is 5. The third-order valence-corrected chi connectivity index (χ3v) is 5.18. The predicted molar refractivity (Wildman–Crippen MR) is 101 cm³/mol. The number of rotatable bonds is 5. The molecule has 0 aliphatic rings. The van der Waals surface area contributed by atoms with Gasteiger partial charge in [0.2, 0.25) is 0 Å². The van der Waals surface area contributed by atoms with Crippen LogP contribution in [0.5, 0.6) is 11.5 Å². The molecule has 0 saturated heterocycles. The molecule has 1 aromatic carbocycles. The minimum atomic E-state index is -3.71. The van der Waals surface area contributed by atoms with Crippen LogP contribution in [0, 0.1) is 6.92 Å². The smallest absolute Gasteiger partial charge is 0.263 e. The van der Waals surface area contributed by atoms with E-state index in [0.717, 1.165) is 11.3 Å². The van der Waals surface area contributed by atoms with Crippen molar-refractivity contribution < 1.29 is 13.2 Å². The normalized spacial score (nSPS) is 11.4. The highest BCUT2D eigenvalue weighted by molar-refractivity contribution is 7.92. The molecule has 0 radical (unpaired) electrons. The molecule has 1 N–H and O–H groups in total. The van der Waals surface area contributed by atoms with E-state index in [1.807, 2.05) is 35.9 Å². The summed E-state index contributed by atoms with van der Waals surface area (Å²) in [6, 6.07) is 13.5. The number of hydrogen-bond donors (Lipinski definition) is 1. The molecule has 136 valence electrons. The fourth-order valence-corrected chi connectivity index (χ4v) is 3.65. The summed E-state index contributed by atoms with van der Waals surface area (Å²) in [4.78, 5) is 8.31. The van der Waals surface area contributed by atoms with Crippen LogP contribution in [0.3, 0.4) is 0 Å². The van der Waals surface area contributed by atoms with Gasteiger partial charge in [-0.15, -0.1) is 0 Å². The summed E-state index contributed by atoms with van der Waals surface area (Å²) in [5.74, 6) is 1.13. The zero-order chi connectivity index (χ0) is 18.9. The fraction of sp³-hybridized carbons (Fsp3) is 0.0526. The van der Waals surface area contributed by atoms with Gasteiger partial charge in [0.15, 0.2) is 0 Å². The number of aromatic nitrogens is 3. The molecule has 0 aliphatic heterocycles. The standard InChI is InChI=1S/C19H16N4O3S/c1-14-12-23-13-17(7-8-19(23)21-14)26-16-5-2-4-15(10-16)22-27(24,25)18-6-3-9-20-11-18/h2-13,22H,1H3. The van der Waals surface area contributed by atoms with Crippen LogP contribution >= 0.6 is 0 Å². The first-order valence-corrected chi connectivity index (χ1v) is 9.64. The topological polar surface area (TPSA) is 85.6 Å². The zero-order valence-electron chi connectivity index (χ0n) is 14.4. The summed E-state index contributed by atoms with van der Waals surface area (Å²) in [5.41, 5.74) is 2.15. The highest BCUT2D eigenvalue weighted by atomic mass is 32.2. The molecule has 8 heteroatoms. The quantitative estimate of drug-likeness (QED) is 0.571. The average molecular weight is 380 g/mol. The number of imidazole rings is 1. The van der Waals surface area contributed by atoms with Crippen molar-refractivity contribution in [3.05, 3.63) is 79.0 Å². The predicted octanol–water partition coefficient (Wildman–Crippen LogP) is 3.63. The minimum absolute atomic E-state index is 0.0947. The molecule has 0 saturated carbocycles. The molecule has 0 fully saturated rings. The first-order chi connectivity index (χ1) is 13.0. The Kier molecular flexibility index (Phi) is 4.25.